The summed E-state index contributed by atoms with van der Waals surface area (Å²) in [5, 5.41) is 2.73. The van der Waals surface area contributed by atoms with Gasteiger partial charge in [0, 0.05) is 10.7 Å². The molecule has 2 aromatic rings. The van der Waals surface area contributed by atoms with Crippen molar-refractivity contribution in [3.63, 3.8) is 0 Å². The van der Waals surface area contributed by atoms with Gasteiger partial charge in [0.05, 0.1) is 17.4 Å². The molecule has 20 heavy (non-hydrogen) atoms. The molecule has 0 aliphatic heterocycles. The number of pyridine rings is 2. The van der Waals surface area contributed by atoms with Crippen molar-refractivity contribution in [2.24, 2.45) is 5.84 Å². The van der Waals surface area contributed by atoms with E-state index in [9.17, 15) is 13.2 Å². The number of nitrogen functional groups attached to an aromatic ring is 1. The fourth-order valence-corrected chi connectivity index (χ4v) is 1.83. The molecule has 0 atom stereocenters. The van der Waals surface area contributed by atoms with E-state index in [1.54, 1.807) is 12.3 Å². The van der Waals surface area contributed by atoms with Crippen molar-refractivity contribution >= 4 is 33.3 Å². The van der Waals surface area contributed by atoms with Crippen molar-refractivity contribution in [3.8, 4) is 0 Å². The van der Waals surface area contributed by atoms with Gasteiger partial charge in [0.1, 0.15) is 11.6 Å². The van der Waals surface area contributed by atoms with E-state index in [1.807, 2.05) is 0 Å². The Labute approximate surface area is 120 Å². The maximum atomic E-state index is 12.7. The number of hydrogen-bond donors (Lipinski definition) is 3. The molecular formula is C11H9BrF3N5. The summed E-state index contributed by atoms with van der Waals surface area (Å²) in [5.74, 6) is 5.04. The zero-order valence-corrected chi connectivity index (χ0v) is 11.5. The van der Waals surface area contributed by atoms with Gasteiger partial charge in [-0.25, -0.2) is 10.8 Å². The van der Waals surface area contributed by atoms with E-state index >= 15 is 0 Å². The van der Waals surface area contributed by atoms with Crippen LogP contribution >= 0.6 is 15.9 Å². The van der Waals surface area contributed by atoms with E-state index in [0.717, 1.165) is 12.1 Å². The summed E-state index contributed by atoms with van der Waals surface area (Å²) in [6.45, 7) is 0. The molecule has 4 N–H and O–H groups in total. The number of nitrogens with zero attached hydrogens (tertiary/aromatic N) is 2. The third kappa shape index (κ3) is 3.58. The first-order valence-electron chi connectivity index (χ1n) is 5.32. The molecule has 0 bridgehead atoms. The number of nitrogens with one attached hydrogen (secondary N) is 2. The molecule has 0 amide bonds. The van der Waals surface area contributed by atoms with Gasteiger partial charge >= 0.3 is 6.18 Å². The van der Waals surface area contributed by atoms with E-state index in [2.05, 4.69) is 36.6 Å². The largest absolute Gasteiger partial charge is 0.416 e. The Morgan fingerprint density at radius 3 is 2.40 bits per heavy atom. The molecule has 2 rings (SSSR count). The van der Waals surface area contributed by atoms with Crippen molar-refractivity contribution in [3.05, 3.63) is 40.6 Å². The lowest BCUT2D eigenvalue weighted by Gasteiger charge is -2.12. The molecule has 0 aliphatic rings. The van der Waals surface area contributed by atoms with Crippen LogP contribution in [0.15, 0.2) is 35.1 Å². The van der Waals surface area contributed by atoms with E-state index in [4.69, 9.17) is 5.84 Å². The van der Waals surface area contributed by atoms with Crippen molar-refractivity contribution in [1.29, 1.82) is 0 Å². The van der Waals surface area contributed by atoms with Crippen molar-refractivity contribution < 1.29 is 13.2 Å². The van der Waals surface area contributed by atoms with Gasteiger partial charge in [-0.05, 0) is 34.1 Å². The summed E-state index contributed by atoms with van der Waals surface area (Å²) in [5.41, 5.74) is 1.74. The minimum Gasteiger partial charge on any atom is -0.339 e. The number of alkyl halides is 3. The summed E-state index contributed by atoms with van der Waals surface area (Å²) in [4.78, 5) is 7.79. The molecule has 9 heteroatoms. The van der Waals surface area contributed by atoms with Gasteiger partial charge in [-0.15, -0.1) is 0 Å². The fourth-order valence-electron chi connectivity index (χ4n) is 1.46. The Kier molecular flexibility index (Phi) is 4.09. The number of nitrogens with two attached hydrogens (primary N) is 1. The molecule has 2 heterocycles. The normalized spacial score (nSPS) is 11.2. The summed E-state index contributed by atoms with van der Waals surface area (Å²) >= 11 is 3.21. The molecular weight excluding hydrogens is 339 g/mol. The van der Waals surface area contributed by atoms with Crippen LogP contribution in [0.2, 0.25) is 0 Å². The second kappa shape index (κ2) is 5.63. The second-order valence-electron chi connectivity index (χ2n) is 3.79. The Balaban J connectivity index is 2.36. The van der Waals surface area contributed by atoms with Gasteiger partial charge in [0.15, 0.2) is 0 Å². The molecule has 0 unspecified atom stereocenters. The van der Waals surface area contributed by atoms with Crippen LogP contribution < -0.4 is 16.6 Å². The predicted molar refractivity (Wildman–Crippen MR) is 72.3 cm³/mol. The highest BCUT2D eigenvalue weighted by atomic mass is 79.9. The van der Waals surface area contributed by atoms with Crippen molar-refractivity contribution in [2.75, 3.05) is 10.7 Å². The van der Waals surface area contributed by atoms with Crippen LogP contribution in [0.3, 0.4) is 0 Å². The van der Waals surface area contributed by atoms with Crippen LogP contribution in [-0.2, 0) is 6.18 Å². The van der Waals surface area contributed by atoms with E-state index in [0.29, 0.717) is 10.2 Å². The highest BCUT2D eigenvalue weighted by Crippen LogP contribution is 2.32. The van der Waals surface area contributed by atoms with Crippen molar-refractivity contribution in [2.45, 2.75) is 6.18 Å². The van der Waals surface area contributed by atoms with Crippen LogP contribution in [0.5, 0.6) is 0 Å². The lowest BCUT2D eigenvalue weighted by atomic mass is 10.2. The van der Waals surface area contributed by atoms with Gasteiger partial charge in [-0.3, -0.25) is 4.98 Å². The van der Waals surface area contributed by atoms with Gasteiger partial charge in [0.25, 0.3) is 0 Å². The predicted octanol–water partition coefficient (Wildman–Crippen LogP) is 3.29. The molecule has 0 saturated carbocycles. The topological polar surface area (TPSA) is 75.9 Å². The van der Waals surface area contributed by atoms with Crippen LogP contribution in [0.1, 0.15) is 5.56 Å². The SMILES string of the molecule is NNc1cc(C(F)(F)F)cc(Nc2cncc(Br)c2)n1. The molecule has 0 fully saturated rings. The first-order valence-corrected chi connectivity index (χ1v) is 6.11. The third-order valence-electron chi connectivity index (χ3n) is 2.28. The summed E-state index contributed by atoms with van der Waals surface area (Å²) in [6, 6.07) is 3.37. The number of anilines is 3. The van der Waals surface area contributed by atoms with Crippen LogP contribution in [0.4, 0.5) is 30.5 Å². The number of hydrazine groups is 1. The number of rotatable bonds is 3. The van der Waals surface area contributed by atoms with E-state index in [1.165, 1.54) is 6.20 Å². The molecule has 0 radical (unpaired) electrons. The molecule has 0 saturated heterocycles. The van der Waals surface area contributed by atoms with Crippen LogP contribution in [-0.4, -0.2) is 9.97 Å². The molecule has 106 valence electrons. The highest BCUT2D eigenvalue weighted by molar-refractivity contribution is 9.10. The average molecular weight is 348 g/mol. The quantitative estimate of drug-likeness (QED) is 0.586. The van der Waals surface area contributed by atoms with Crippen molar-refractivity contribution in [1.82, 2.24) is 9.97 Å². The minimum atomic E-state index is -4.49. The number of aromatic nitrogens is 2. The Bertz CT molecular complexity index is 617. The Morgan fingerprint density at radius 1 is 1.10 bits per heavy atom. The minimum absolute atomic E-state index is 0.00711. The molecule has 0 aliphatic carbocycles. The highest BCUT2D eigenvalue weighted by Gasteiger charge is 2.31. The molecule has 0 spiro atoms. The van der Waals surface area contributed by atoms with E-state index in [-0.39, 0.29) is 11.6 Å². The fraction of sp³-hybridized carbons (Fsp3) is 0.0909. The summed E-state index contributed by atoms with van der Waals surface area (Å²) in [6.07, 6.45) is -1.47. The van der Waals surface area contributed by atoms with Gasteiger partial charge < -0.3 is 10.7 Å². The standard InChI is InChI=1S/C11H9BrF3N5/c12-7-3-8(5-17-4-7)18-9-1-6(11(13,14)15)2-10(19-9)20-16/h1-5H,16H2,(H2,18,19,20). The maximum absolute atomic E-state index is 12.7. The zero-order chi connectivity index (χ0) is 14.8. The maximum Gasteiger partial charge on any atom is 0.416 e. The van der Waals surface area contributed by atoms with Gasteiger partial charge in [-0.2, -0.15) is 13.2 Å². The zero-order valence-electron chi connectivity index (χ0n) is 9.87. The second-order valence-corrected chi connectivity index (χ2v) is 4.70. The number of hydrogen-bond acceptors (Lipinski definition) is 5. The van der Waals surface area contributed by atoms with Gasteiger partial charge in [0.2, 0.25) is 0 Å². The molecule has 2 aromatic heterocycles. The summed E-state index contributed by atoms with van der Waals surface area (Å²) in [7, 11) is 0. The smallest absolute Gasteiger partial charge is 0.339 e. The molecule has 0 aromatic carbocycles. The number of halogens is 4. The summed E-state index contributed by atoms with van der Waals surface area (Å²) < 4.78 is 38.9. The van der Waals surface area contributed by atoms with Crippen LogP contribution in [0.25, 0.3) is 0 Å². The average Bonchev–Trinajstić information content (AvgIpc) is 2.37. The monoisotopic (exact) mass is 347 g/mol. The first-order chi connectivity index (χ1) is 9.38. The Hall–Kier alpha value is -1.87. The lowest BCUT2D eigenvalue weighted by molar-refractivity contribution is -0.137. The van der Waals surface area contributed by atoms with E-state index < -0.39 is 11.7 Å². The lowest BCUT2D eigenvalue weighted by Crippen LogP contribution is -2.13. The Morgan fingerprint density at radius 2 is 1.80 bits per heavy atom. The van der Waals surface area contributed by atoms with Crippen LogP contribution in [0, 0.1) is 0 Å². The van der Waals surface area contributed by atoms with Gasteiger partial charge in [-0.1, -0.05) is 0 Å². The molecule has 5 nitrogen and oxygen atoms in total. The third-order valence-corrected chi connectivity index (χ3v) is 2.71. The first kappa shape index (κ1) is 14.5.